The number of aryl methyl sites for hydroxylation is 1. The number of halogens is 1. The van der Waals surface area contributed by atoms with Crippen LogP contribution in [0.2, 0.25) is 5.02 Å². The molecule has 0 spiro atoms. The van der Waals surface area contributed by atoms with E-state index in [0.29, 0.717) is 22.8 Å². The molecule has 1 aromatic carbocycles. The molecule has 0 fully saturated rings. The molecule has 4 nitrogen and oxygen atoms in total. The quantitative estimate of drug-likeness (QED) is 0.913. The second-order valence-corrected chi connectivity index (χ2v) is 5.23. The van der Waals surface area contributed by atoms with Crippen molar-refractivity contribution in [3.8, 4) is 11.5 Å². The molecule has 0 bridgehead atoms. The van der Waals surface area contributed by atoms with Crippen LogP contribution in [0.25, 0.3) is 11.5 Å². The van der Waals surface area contributed by atoms with Crippen molar-refractivity contribution in [3.05, 3.63) is 34.7 Å². The molecule has 1 heterocycles. The Morgan fingerprint density at radius 2 is 2.11 bits per heavy atom. The molecule has 0 aliphatic carbocycles. The standard InChI is InChI=1S/C14H18ClN3O/c1-9(2)16-7-6-13-17-18-14(19-13)11-5-4-10(3)12(15)8-11/h4-5,8-9,16H,6-7H2,1-3H3. The lowest BCUT2D eigenvalue weighted by Gasteiger charge is -2.04. The minimum absolute atomic E-state index is 0.457. The first-order chi connectivity index (χ1) is 9.06. The van der Waals surface area contributed by atoms with E-state index in [4.69, 9.17) is 16.0 Å². The van der Waals surface area contributed by atoms with E-state index in [2.05, 4.69) is 29.4 Å². The van der Waals surface area contributed by atoms with Gasteiger partial charge < -0.3 is 9.73 Å². The fourth-order valence-corrected chi connectivity index (χ4v) is 1.85. The number of hydrogen-bond donors (Lipinski definition) is 1. The highest BCUT2D eigenvalue weighted by Gasteiger charge is 2.09. The van der Waals surface area contributed by atoms with Crippen LogP contribution in [0.4, 0.5) is 0 Å². The first kappa shape index (κ1) is 14.0. The molecule has 1 aromatic heterocycles. The van der Waals surface area contributed by atoms with Crippen LogP contribution in [0.15, 0.2) is 22.6 Å². The maximum atomic E-state index is 6.09. The van der Waals surface area contributed by atoms with E-state index in [9.17, 15) is 0 Å². The zero-order chi connectivity index (χ0) is 13.8. The minimum Gasteiger partial charge on any atom is -0.421 e. The van der Waals surface area contributed by atoms with E-state index in [1.807, 2.05) is 25.1 Å². The van der Waals surface area contributed by atoms with E-state index >= 15 is 0 Å². The fourth-order valence-electron chi connectivity index (χ4n) is 1.66. The Morgan fingerprint density at radius 3 is 2.79 bits per heavy atom. The molecule has 5 heteroatoms. The minimum atomic E-state index is 0.457. The van der Waals surface area contributed by atoms with Crippen LogP contribution in [-0.4, -0.2) is 22.8 Å². The molecule has 102 valence electrons. The summed E-state index contributed by atoms with van der Waals surface area (Å²) in [4.78, 5) is 0. The molecule has 0 aliphatic rings. The highest BCUT2D eigenvalue weighted by Crippen LogP contribution is 2.24. The summed E-state index contributed by atoms with van der Waals surface area (Å²) in [5, 5.41) is 12.1. The third kappa shape index (κ3) is 3.78. The van der Waals surface area contributed by atoms with Crippen molar-refractivity contribution in [2.24, 2.45) is 0 Å². The summed E-state index contributed by atoms with van der Waals surface area (Å²) >= 11 is 6.09. The smallest absolute Gasteiger partial charge is 0.247 e. The molecule has 0 unspecified atom stereocenters. The van der Waals surface area contributed by atoms with Crippen molar-refractivity contribution in [2.75, 3.05) is 6.54 Å². The normalized spacial score (nSPS) is 11.2. The summed E-state index contributed by atoms with van der Waals surface area (Å²) in [6.07, 6.45) is 0.727. The van der Waals surface area contributed by atoms with Crippen molar-refractivity contribution in [2.45, 2.75) is 33.2 Å². The fraction of sp³-hybridized carbons (Fsp3) is 0.429. The van der Waals surface area contributed by atoms with Gasteiger partial charge in [-0.2, -0.15) is 0 Å². The van der Waals surface area contributed by atoms with Crippen LogP contribution in [0, 0.1) is 6.92 Å². The average molecular weight is 280 g/mol. The van der Waals surface area contributed by atoms with Crippen LogP contribution in [-0.2, 0) is 6.42 Å². The van der Waals surface area contributed by atoms with Gasteiger partial charge in [0.1, 0.15) is 0 Å². The van der Waals surface area contributed by atoms with Crippen LogP contribution in [0.3, 0.4) is 0 Å². The summed E-state index contributed by atoms with van der Waals surface area (Å²) in [6, 6.07) is 6.19. The van der Waals surface area contributed by atoms with Crippen molar-refractivity contribution < 1.29 is 4.42 Å². The van der Waals surface area contributed by atoms with Gasteiger partial charge in [-0.1, -0.05) is 31.5 Å². The van der Waals surface area contributed by atoms with Gasteiger partial charge in [0.15, 0.2) is 0 Å². The van der Waals surface area contributed by atoms with Crippen LogP contribution >= 0.6 is 11.6 Å². The monoisotopic (exact) mass is 279 g/mol. The summed E-state index contributed by atoms with van der Waals surface area (Å²) in [6.45, 7) is 7.00. The molecule has 2 aromatic rings. The van der Waals surface area contributed by atoms with Gasteiger partial charge in [0.05, 0.1) is 0 Å². The molecule has 0 amide bonds. The highest BCUT2D eigenvalue weighted by atomic mass is 35.5. The summed E-state index contributed by atoms with van der Waals surface area (Å²) in [7, 11) is 0. The first-order valence-electron chi connectivity index (χ1n) is 6.38. The second kappa shape index (κ2) is 6.17. The summed E-state index contributed by atoms with van der Waals surface area (Å²) in [5.74, 6) is 1.15. The van der Waals surface area contributed by atoms with E-state index in [1.165, 1.54) is 0 Å². The number of rotatable bonds is 5. The molecule has 19 heavy (non-hydrogen) atoms. The van der Waals surface area contributed by atoms with E-state index < -0.39 is 0 Å². The molecule has 0 radical (unpaired) electrons. The predicted molar refractivity (Wildman–Crippen MR) is 76.3 cm³/mol. The molecule has 0 atom stereocenters. The molecule has 2 rings (SSSR count). The van der Waals surface area contributed by atoms with Gasteiger partial charge in [0, 0.05) is 29.6 Å². The Morgan fingerprint density at radius 1 is 1.32 bits per heavy atom. The number of nitrogens with zero attached hydrogens (tertiary/aromatic N) is 2. The van der Waals surface area contributed by atoms with Crippen molar-refractivity contribution in [3.63, 3.8) is 0 Å². The molecule has 0 saturated heterocycles. The van der Waals surface area contributed by atoms with E-state index in [0.717, 1.165) is 24.1 Å². The Hall–Kier alpha value is -1.39. The molecule has 1 N–H and O–H groups in total. The van der Waals surface area contributed by atoms with E-state index in [-0.39, 0.29) is 0 Å². The SMILES string of the molecule is Cc1ccc(-c2nnc(CCNC(C)C)o2)cc1Cl. The topological polar surface area (TPSA) is 51.0 Å². The first-order valence-corrected chi connectivity index (χ1v) is 6.76. The van der Waals surface area contributed by atoms with Crippen molar-refractivity contribution in [1.29, 1.82) is 0 Å². The molecular formula is C14H18ClN3O. The molecule has 0 saturated carbocycles. The second-order valence-electron chi connectivity index (χ2n) is 4.82. The van der Waals surface area contributed by atoms with Crippen LogP contribution < -0.4 is 5.32 Å². The van der Waals surface area contributed by atoms with Gasteiger partial charge in [0.25, 0.3) is 0 Å². The van der Waals surface area contributed by atoms with Crippen LogP contribution in [0.1, 0.15) is 25.3 Å². The van der Waals surface area contributed by atoms with Gasteiger partial charge in [0.2, 0.25) is 11.8 Å². The number of hydrogen-bond acceptors (Lipinski definition) is 4. The lowest BCUT2D eigenvalue weighted by atomic mass is 10.1. The maximum absolute atomic E-state index is 6.09. The van der Waals surface area contributed by atoms with Crippen molar-refractivity contribution in [1.82, 2.24) is 15.5 Å². The summed E-state index contributed by atoms with van der Waals surface area (Å²) < 4.78 is 5.63. The zero-order valence-electron chi connectivity index (χ0n) is 11.4. The Labute approximate surface area is 118 Å². The zero-order valence-corrected chi connectivity index (χ0v) is 12.2. The predicted octanol–water partition coefficient (Wildman–Crippen LogP) is 3.24. The maximum Gasteiger partial charge on any atom is 0.247 e. The van der Waals surface area contributed by atoms with Gasteiger partial charge in [-0.3, -0.25) is 0 Å². The number of aromatic nitrogens is 2. The number of benzene rings is 1. The number of nitrogens with one attached hydrogen (secondary N) is 1. The lowest BCUT2D eigenvalue weighted by molar-refractivity contribution is 0.484. The largest absolute Gasteiger partial charge is 0.421 e. The Bertz CT molecular complexity index is 551. The highest BCUT2D eigenvalue weighted by molar-refractivity contribution is 6.31. The van der Waals surface area contributed by atoms with Gasteiger partial charge in [-0.15, -0.1) is 10.2 Å². The van der Waals surface area contributed by atoms with Gasteiger partial charge in [-0.05, 0) is 24.6 Å². The Kier molecular flexibility index (Phi) is 4.56. The van der Waals surface area contributed by atoms with Gasteiger partial charge in [-0.25, -0.2) is 0 Å². The average Bonchev–Trinajstić information content (AvgIpc) is 2.81. The third-order valence-electron chi connectivity index (χ3n) is 2.78. The summed E-state index contributed by atoms with van der Waals surface area (Å²) in [5.41, 5.74) is 1.89. The van der Waals surface area contributed by atoms with Gasteiger partial charge >= 0.3 is 0 Å². The lowest BCUT2D eigenvalue weighted by Crippen LogP contribution is -2.25. The Balaban J connectivity index is 2.05. The molecular weight excluding hydrogens is 262 g/mol. The van der Waals surface area contributed by atoms with Crippen molar-refractivity contribution >= 4 is 11.6 Å². The molecule has 0 aliphatic heterocycles. The third-order valence-corrected chi connectivity index (χ3v) is 3.18. The van der Waals surface area contributed by atoms with E-state index in [1.54, 1.807) is 0 Å². The van der Waals surface area contributed by atoms with Crippen LogP contribution in [0.5, 0.6) is 0 Å².